The van der Waals surface area contributed by atoms with Crippen LogP contribution in [0.1, 0.15) is 34.1 Å². The lowest BCUT2D eigenvalue weighted by molar-refractivity contribution is 0.480. The van der Waals surface area contributed by atoms with E-state index in [-0.39, 0.29) is 17.7 Å². The minimum absolute atomic E-state index is 0.112. The first-order chi connectivity index (χ1) is 6.74. The molecule has 0 saturated heterocycles. The summed E-state index contributed by atoms with van der Waals surface area (Å²) in [4.78, 5) is 0. The van der Waals surface area contributed by atoms with Gasteiger partial charge in [0.15, 0.2) is 0 Å². The van der Waals surface area contributed by atoms with Gasteiger partial charge in [0.25, 0.3) is 0 Å². The maximum atomic E-state index is 11.5. The fourth-order valence-corrected chi connectivity index (χ4v) is 2.29. The summed E-state index contributed by atoms with van der Waals surface area (Å²) in [5.74, 6) is 0.883. The standard InChI is InChI=1S/C10H24N2O2S/c1-8(2)5-6-15(13,14)12-7-10(11)9(3)4/h8-10,12H,5-7,11H2,1-4H3. The average Bonchev–Trinajstić information content (AvgIpc) is 2.11. The highest BCUT2D eigenvalue weighted by Crippen LogP contribution is 2.02. The third-order valence-electron chi connectivity index (χ3n) is 2.36. The van der Waals surface area contributed by atoms with E-state index in [1.54, 1.807) is 0 Å². The largest absolute Gasteiger partial charge is 0.326 e. The van der Waals surface area contributed by atoms with E-state index in [0.29, 0.717) is 18.9 Å². The number of nitrogens with two attached hydrogens (primary N) is 1. The van der Waals surface area contributed by atoms with Gasteiger partial charge in [-0.1, -0.05) is 27.7 Å². The van der Waals surface area contributed by atoms with Crippen LogP contribution in [0.25, 0.3) is 0 Å². The molecule has 0 fully saturated rings. The Bertz CT molecular complexity index is 261. The summed E-state index contributed by atoms with van der Waals surface area (Å²) in [7, 11) is -3.14. The van der Waals surface area contributed by atoms with Gasteiger partial charge in [-0.2, -0.15) is 0 Å². The second-order valence-corrected chi connectivity index (χ2v) is 6.68. The average molecular weight is 236 g/mol. The van der Waals surface area contributed by atoms with Crippen LogP contribution in [0.15, 0.2) is 0 Å². The van der Waals surface area contributed by atoms with Crippen molar-refractivity contribution in [1.29, 1.82) is 0 Å². The first-order valence-electron chi connectivity index (χ1n) is 5.47. The summed E-state index contributed by atoms with van der Waals surface area (Å²) < 4.78 is 25.5. The van der Waals surface area contributed by atoms with Crippen LogP contribution in [0.3, 0.4) is 0 Å². The quantitative estimate of drug-likeness (QED) is 0.691. The topological polar surface area (TPSA) is 72.2 Å². The highest BCUT2D eigenvalue weighted by atomic mass is 32.2. The number of hydrogen-bond acceptors (Lipinski definition) is 3. The van der Waals surface area contributed by atoms with Crippen molar-refractivity contribution in [2.24, 2.45) is 17.6 Å². The van der Waals surface area contributed by atoms with E-state index in [1.807, 2.05) is 27.7 Å². The van der Waals surface area contributed by atoms with Crippen molar-refractivity contribution in [2.45, 2.75) is 40.2 Å². The molecule has 0 heterocycles. The summed E-state index contributed by atoms with van der Waals surface area (Å²) in [5.41, 5.74) is 5.75. The molecule has 3 N–H and O–H groups in total. The van der Waals surface area contributed by atoms with Gasteiger partial charge in [-0.15, -0.1) is 0 Å². The number of hydrogen-bond donors (Lipinski definition) is 2. The Morgan fingerprint density at radius 3 is 2.13 bits per heavy atom. The first-order valence-corrected chi connectivity index (χ1v) is 7.12. The monoisotopic (exact) mass is 236 g/mol. The van der Waals surface area contributed by atoms with Gasteiger partial charge in [0.1, 0.15) is 0 Å². The molecule has 0 spiro atoms. The van der Waals surface area contributed by atoms with Crippen LogP contribution < -0.4 is 10.5 Å². The van der Waals surface area contributed by atoms with Crippen molar-refractivity contribution >= 4 is 10.0 Å². The Labute approximate surface area is 93.7 Å². The Morgan fingerprint density at radius 2 is 1.73 bits per heavy atom. The number of sulfonamides is 1. The first kappa shape index (κ1) is 14.9. The van der Waals surface area contributed by atoms with Crippen LogP contribution in [-0.4, -0.2) is 26.8 Å². The summed E-state index contributed by atoms with van der Waals surface area (Å²) in [6, 6.07) is -0.112. The van der Waals surface area contributed by atoms with Gasteiger partial charge in [-0.05, 0) is 18.3 Å². The molecule has 0 saturated carbocycles. The summed E-state index contributed by atoms with van der Waals surface area (Å²) in [5, 5.41) is 0. The van der Waals surface area contributed by atoms with Crippen molar-refractivity contribution in [3.8, 4) is 0 Å². The molecular formula is C10H24N2O2S. The van der Waals surface area contributed by atoms with Gasteiger partial charge in [0, 0.05) is 12.6 Å². The Kier molecular flexibility index (Phi) is 6.40. The smallest absolute Gasteiger partial charge is 0.211 e. The van der Waals surface area contributed by atoms with Gasteiger partial charge in [-0.25, -0.2) is 13.1 Å². The van der Waals surface area contributed by atoms with E-state index < -0.39 is 10.0 Å². The minimum Gasteiger partial charge on any atom is -0.326 e. The Morgan fingerprint density at radius 1 is 1.20 bits per heavy atom. The maximum Gasteiger partial charge on any atom is 0.211 e. The van der Waals surface area contributed by atoms with Crippen LogP contribution in [0.2, 0.25) is 0 Å². The summed E-state index contributed by atoms with van der Waals surface area (Å²) in [6.45, 7) is 8.31. The zero-order valence-electron chi connectivity index (χ0n) is 10.2. The predicted molar refractivity (Wildman–Crippen MR) is 64.1 cm³/mol. The lowest BCUT2D eigenvalue weighted by atomic mass is 10.1. The fraction of sp³-hybridized carbons (Fsp3) is 1.00. The summed E-state index contributed by atoms with van der Waals surface area (Å²) >= 11 is 0. The third kappa shape index (κ3) is 7.76. The van der Waals surface area contributed by atoms with E-state index in [2.05, 4.69) is 4.72 Å². The molecular weight excluding hydrogens is 212 g/mol. The normalized spacial score (nSPS) is 14.9. The van der Waals surface area contributed by atoms with Crippen LogP contribution in [0.4, 0.5) is 0 Å². The second kappa shape index (κ2) is 6.45. The third-order valence-corrected chi connectivity index (χ3v) is 3.74. The molecule has 15 heavy (non-hydrogen) atoms. The molecule has 0 amide bonds. The number of nitrogens with one attached hydrogen (secondary N) is 1. The Hall–Kier alpha value is -0.130. The SMILES string of the molecule is CC(C)CCS(=O)(=O)NCC(N)C(C)C. The van der Waals surface area contributed by atoms with Crippen LogP contribution >= 0.6 is 0 Å². The molecule has 1 atom stereocenters. The van der Waals surface area contributed by atoms with Crippen molar-refractivity contribution in [3.05, 3.63) is 0 Å². The van der Waals surface area contributed by atoms with Crippen molar-refractivity contribution in [2.75, 3.05) is 12.3 Å². The van der Waals surface area contributed by atoms with E-state index in [0.717, 1.165) is 0 Å². The summed E-state index contributed by atoms with van der Waals surface area (Å²) in [6.07, 6.45) is 0.687. The zero-order chi connectivity index (χ0) is 12.1. The van der Waals surface area contributed by atoms with Crippen LogP contribution in [-0.2, 0) is 10.0 Å². The molecule has 4 nitrogen and oxygen atoms in total. The highest BCUT2D eigenvalue weighted by Gasteiger charge is 2.14. The molecule has 0 radical (unpaired) electrons. The van der Waals surface area contributed by atoms with Gasteiger partial charge in [0.2, 0.25) is 10.0 Å². The van der Waals surface area contributed by atoms with E-state index in [4.69, 9.17) is 5.73 Å². The Balaban J connectivity index is 3.94. The predicted octanol–water partition coefficient (Wildman–Crippen LogP) is 0.935. The van der Waals surface area contributed by atoms with Crippen LogP contribution in [0, 0.1) is 11.8 Å². The molecule has 92 valence electrons. The van der Waals surface area contributed by atoms with E-state index in [1.165, 1.54) is 0 Å². The molecule has 0 aromatic rings. The molecule has 0 bridgehead atoms. The zero-order valence-corrected chi connectivity index (χ0v) is 11.0. The van der Waals surface area contributed by atoms with Crippen molar-refractivity contribution < 1.29 is 8.42 Å². The highest BCUT2D eigenvalue weighted by molar-refractivity contribution is 7.89. The van der Waals surface area contributed by atoms with Gasteiger partial charge < -0.3 is 5.73 Å². The molecule has 0 rings (SSSR count). The minimum atomic E-state index is -3.14. The lowest BCUT2D eigenvalue weighted by Crippen LogP contribution is -2.41. The molecule has 1 unspecified atom stereocenters. The van der Waals surface area contributed by atoms with E-state index in [9.17, 15) is 8.42 Å². The second-order valence-electron chi connectivity index (χ2n) is 4.76. The molecule has 0 aliphatic carbocycles. The van der Waals surface area contributed by atoms with Gasteiger partial charge in [-0.3, -0.25) is 0 Å². The van der Waals surface area contributed by atoms with Crippen molar-refractivity contribution in [3.63, 3.8) is 0 Å². The molecule has 5 heteroatoms. The van der Waals surface area contributed by atoms with E-state index >= 15 is 0 Å². The molecule has 0 aliphatic rings. The van der Waals surface area contributed by atoms with Crippen LogP contribution in [0.5, 0.6) is 0 Å². The van der Waals surface area contributed by atoms with Gasteiger partial charge >= 0.3 is 0 Å². The lowest BCUT2D eigenvalue weighted by Gasteiger charge is -2.16. The molecule has 0 aromatic carbocycles. The van der Waals surface area contributed by atoms with Gasteiger partial charge in [0.05, 0.1) is 5.75 Å². The molecule has 0 aromatic heterocycles. The number of rotatable bonds is 7. The molecule has 0 aliphatic heterocycles. The fourth-order valence-electron chi connectivity index (χ4n) is 0.922. The van der Waals surface area contributed by atoms with Crippen molar-refractivity contribution in [1.82, 2.24) is 4.72 Å². The maximum absolute atomic E-state index is 11.5.